The van der Waals surface area contributed by atoms with E-state index in [2.05, 4.69) is 0 Å². The Labute approximate surface area is 248 Å². The van der Waals surface area contributed by atoms with Crippen molar-refractivity contribution in [1.82, 2.24) is 4.57 Å². The van der Waals surface area contributed by atoms with E-state index in [1.165, 1.54) is 20.1 Å². The molecule has 0 saturated carbocycles. The molecular formula is C35H31NO7. The zero-order valence-corrected chi connectivity index (χ0v) is 24.5. The molecule has 2 heterocycles. The summed E-state index contributed by atoms with van der Waals surface area (Å²) in [5.74, 6) is -0.518. The van der Waals surface area contributed by atoms with E-state index < -0.39 is 29.7 Å². The molecule has 0 bridgehead atoms. The van der Waals surface area contributed by atoms with E-state index >= 15 is 0 Å². The zero-order chi connectivity index (χ0) is 30.5. The van der Waals surface area contributed by atoms with Crippen LogP contribution in [-0.4, -0.2) is 35.3 Å². The van der Waals surface area contributed by atoms with Gasteiger partial charge in [0.05, 0.1) is 29.1 Å². The Morgan fingerprint density at radius 2 is 1.63 bits per heavy atom. The van der Waals surface area contributed by atoms with Crippen LogP contribution >= 0.6 is 0 Å². The highest BCUT2D eigenvalue weighted by molar-refractivity contribution is 6.04. The Hall–Kier alpha value is -5.11. The summed E-state index contributed by atoms with van der Waals surface area (Å²) in [5, 5.41) is 2.72. The lowest BCUT2D eigenvalue weighted by Gasteiger charge is -2.43. The third-order valence-corrected chi connectivity index (χ3v) is 7.88. The lowest BCUT2D eigenvalue weighted by atomic mass is 9.86. The van der Waals surface area contributed by atoms with Crippen LogP contribution in [0.2, 0.25) is 0 Å². The highest BCUT2D eigenvalue weighted by Gasteiger charge is 2.50. The Kier molecular flexibility index (Phi) is 6.92. The van der Waals surface area contributed by atoms with E-state index in [0.29, 0.717) is 38.9 Å². The van der Waals surface area contributed by atoms with Crippen LogP contribution in [0.4, 0.5) is 0 Å². The van der Waals surface area contributed by atoms with Crippen molar-refractivity contribution in [3.63, 3.8) is 0 Å². The van der Waals surface area contributed by atoms with Crippen molar-refractivity contribution in [2.45, 2.75) is 38.6 Å². The maximum atomic E-state index is 14.1. The number of methoxy groups -OCH3 is 1. The summed E-state index contributed by atoms with van der Waals surface area (Å²) in [6.07, 6.45) is 0.846. The molecule has 218 valence electrons. The van der Waals surface area contributed by atoms with Crippen LogP contribution in [0.25, 0.3) is 38.7 Å². The summed E-state index contributed by atoms with van der Waals surface area (Å²) in [4.78, 5) is 39.8. The Morgan fingerprint density at radius 1 is 0.953 bits per heavy atom. The predicted octanol–water partition coefficient (Wildman–Crippen LogP) is 6.25. The van der Waals surface area contributed by atoms with E-state index in [-0.39, 0.29) is 5.43 Å². The fourth-order valence-electron chi connectivity index (χ4n) is 5.92. The van der Waals surface area contributed by atoms with Gasteiger partial charge >= 0.3 is 11.9 Å². The van der Waals surface area contributed by atoms with Crippen molar-refractivity contribution in [1.29, 1.82) is 0 Å². The number of carbonyl (C=O) groups is 2. The third kappa shape index (κ3) is 4.88. The molecule has 0 spiro atoms. The molecule has 0 unspecified atom stereocenters. The van der Waals surface area contributed by atoms with Crippen molar-refractivity contribution in [2.75, 3.05) is 7.11 Å². The van der Waals surface area contributed by atoms with Crippen LogP contribution in [-0.2, 0) is 26.1 Å². The SMILES string of the molecule is COc1cc2c(c3c1c(=O)c1cc4ccccc4cc1n3C)[C@@H](OC(C)=O)[C@@H](OC(=O)/C=C/c1ccccc1)C(C)(C)O2. The summed E-state index contributed by atoms with van der Waals surface area (Å²) in [6.45, 7) is 4.81. The number of rotatable bonds is 5. The molecule has 1 aliphatic heterocycles. The number of hydrogen-bond acceptors (Lipinski definition) is 7. The number of carbonyl (C=O) groups excluding carboxylic acids is 2. The first-order chi connectivity index (χ1) is 20.6. The number of benzene rings is 4. The Bertz CT molecular complexity index is 2010. The van der Waals surface area contributed by atoms with Gasteiger partial charge in [-0.25, -0.2) is 4.79 Å². The third-order valence-electron chi connectivity index (χ3n) is 7.88. The molecule has 6 rings (SSSR count). The molecule has 4 aromatic carbocycles. The lowest BCUT2D eigenvalue weighted by Crippen LogP contribution is -2.52. The maximum absolute atomic E-state index is 14.1. The summed E-state index contributed by atoms with van der Waals surface area (Å²) >= 11 is 0. The summed E-state index contributed by atoms with van der Waals surface area (Å²) in [5.41, 5.74) is 1.03. The molecule has 0 N–H and O–H groups in total. The van der Waals surface area contributed by atoms with Crippen LogP contribution in [0.1, 0.15) is 38.0 Å². The van der Waals surface area contributed by atoms with Gasteiger partial charge in [0, 0.05) is 31.5 Å². The molecule has 0 aliphatic carbocycles. The van der Waals surface area contributed by atoms with Crippen LogP contribution in [0.3, 0.4) is 0 Å². The number of nitrogens with zero attached hydrogens (tertiary/aromatic N) is 1. The molecule has 8 heteroatoms. The smallest absolute Gasteiger partial charge is 0.331 e. The van der Waals surface area contributed by atoms with Gasteiger partial charge in [0.1, 0.15) is 17.1 Å². The van der Waals surface area contributed by atoms with Crippen molar-refractivity contribution >= 4 is 50.6 Å². The molecule has 1 aromatic heterocycles. The minimum Gasteiger partial charge on any atom is -0.496 e. The standard InChI is InChI=1S/C35H31NO7/c1-20(37)41-33-30-27(43-35(2,3)34(33)42-28(38)16-15-21-11-7-6-8-12-21)19-26(40-5)29-31(30)36(4)25-18-23-14-10-9-13-22(23)17-24(25)32(29)39/h6-19,33-34H,1-5H3/b16-15+/t33-,34-/m1/s1. The fourth-order valence-corrected chi connectivity index (χ4v) is 5.92. The second kappa shape index (κ2) is 10.6. The molecule has 0 fully saturated rings. The highest BCUT2D eigenvalue weighted by Crippen LogP contribution is 2.49. The van der Waals surface area contributed by atoms with E-state index in [1.54, 1.807) is 26.0 Å². The number of aromatic nitrogens is 1. The number of fused-ring (bicyclic) bond motifs is 5. The molecule has 1 aliphatic rings. The molecule has 2 atom stereocenters. The van der Waals surface area contributed by atoms with Crippen LogP contribution < -0.4 is 14.9 Å². The van der Waals surface area contributed by atoms with E-state index in [1.807, 2.05) is 78.3 Å². The first-order valence-electron chi connectivity index (χ1n) is 13.9. The van der Waals surface area contributed by atoms with Gasteiger partial charge in [-0.2, -0.15) is 0 Å². The minimum atomic E-state index is -1.12. The van der Waals surface area contributed by atoms with Gasteiger partial charge in [0.25, 0.3) is 0 Å². The molecule has 0 radical (unpaired) electrons. The average Bonchev–Trinajstić information content (AvgIpc) is 2.99. The van der Waals surface area contributed by atoms with Gasteiger partial charge in [-0.1, -0.05) is 54.6 Å². The zero-order valence-electron chi connectivity index (χ0n) is 24.5. The van der Waals surface area contributed by atoms with Crippen molar-refractivity contribution < 1.29 is 28.5 Å². The van der Waals surface area contributed by atoms with Crippen LogP contribution in [0.15, 0.2) is 83.7 Å². The molecule has 8 nitrogen and oxygen atoms in total. The van der Waals surface area contributed by atoms with Gasteiger partial charge < -0.3 is 23.5 Å². The van der Waals surface area contributed by atoms with Crippen molar-refractivity contribution in [2.24, 2.45) is 7.05 Å². The molecule has 0 saturated heterocycles. The topological polar surface area (TPSA) is 93.1 Å². The van der Waals surface area contributed by atoms with Gasteiger partial charge in [-0.05, 0) is 48.4 Å². The van der Waals surface area contributed by atoms with Crippen LogP contribution in [0.5, 0.6) is 11.5 Å². The van der Waals surface area contributed by atoms with Gasteiger partial charge in [-0.15, -0.1) is 0 Å². The van der Waals surface area contributed by atoms with Crippen molar-refractivity contribution in [3.05, 3.63) is 100 Å². The summed E-state index contributed by atoms with van der Waals surface area (Å²) < 4.78 is 25.9. The Morgan fingerprint density at radius 3 is 2.30 bits per heavy atom. The van der Waals surface area contributed by atoms with Crippen molar-refractivity contribution in [3.8, 4) is 11.5 Å². The normalized spacial score (nSPS) is 17.5. The van der Waals surface area contributed by atoms with Gasteiger partial charge in [0.2, 0.25) is 5.43 Å². The molecular weight excluding hydrogens is 546 g/mol. The second-order valence-electron chi connectivity index (χ2n) is 11.2. The maximum Gasteiger partial charge on any atom is 0.331 e. The molecule has 43 heavy (non-hydrogen) atoms. The molecule has 0 amide bonds. The van der Waals surface area contributed by atoms with Gasteiger partial charge in [-0.3, -0.25) is 9.59 Å². The fraction of sp³-hybridized carbons (Fsp3) is 0.229. The monoisotopic (exact) mass is 577 g/mol. The first kappa shape index (κ1) is 28.0. The molecule has 5 aromatic rings. The van der Waals surface area contributed by atoms with Crippen LogP contribution in [0, 0.1) is 0 Å². The largest absolute Gasteiger partial charge is 0.496 e. The number of ether oxygens (including phenoxy) is 4. The quantitative estimate of drug-likeness (QED) is 0.138. The van der Waals surface area contributed by atoms with E-state index in [9.17, 15) is 14.4 Å². The number of aryl methyl sites for hydroxylation is 1. The lowest BCUT2D eigenvalue weighted by molar-refractivity contribution is -0.185. The summed E-state index contributed by atoms with van der Waals surface area (Å²) in [7, 11) is 3.33. The van der Waals surface area contributed by atoms with E-state index in [0.717, 1.165) is 16.3 Å². The second-order valence-corrected chi connectivity index (χ2v) is 11.2. The number of hydrogen-bond donors (Lipinski definition) is 0. The summed E-state index contributed by atoms with van der Waals surface area (Å²) in [6, 6.07) is 22.6. The first-order valence-corrected chi connectivity index (χ1v) is 13.9. The highest BCUT2D eigenvalue weighted by atomic mass is 16.6. The predicted molar refractivity (Wildman–Crippen MR) is 165 cm³/mol. The van der Waals surface area contributed by atoms with Gasteiger partial charge in [0.15, 0.2) is 12.2 Å². The number of pyridine rings is 1. The average molecular weight is 578 g/mol. The number of esters is 2. The van der Waals surface area contributed by atoms with E-state index in [4.69, 9.17) is 18.9 Å². The minimum absolute atomic E-state index is 0.237. The Balaban J connectivity index is 1.59.